The molecule has 0 aliphatic carbocycles. The minimum absolute atomic E-state index is 0. The first-order chi connectivity index (χ1) is 4.50. The summed E-state index contributed by atoms with van der Waals surface area (Å²) in [5.41, 5.74) is 0. The lowest BCUT2D eigenvalue weighted by molar-refractivity contribution is 0.652. The molecule has 0 spiro atoms. The highest BCUT2D eigenvalue weighted by molar-refractivity contribution is 14.0. The van der Waals surface area contributed by atoms with Crippen LogP contribution in [-0.4, -0.2) is 39.3 Å². The fourth-order valence-corrected chi connectivity index (χ4v) is 0.905. The third kappa shape index (κ3) is 12.1. The Kier molecular flexibility index (Phi) is 25.4. The van der Waals surface area contributed by atoms with Crippen molar-refractivity contribution in [1.29, 1.82) is 0 Å². The average molecular weight is 513 g/mol. The molecule has 6 heteroatoms. The fourth-order valence-electron chi connectivity index (χ4n) is 0.905. The van der Waals surface area contributed by atoms with Gasteiger partial charge >= 0.3 is 0 Å². The van der Waals surface area contributed by atoms with Gasteiger partial charge in [0.1, 0.15) is 0 Å². The molecule has 0 atom stereocenters. The highest BCUT2D eigenvalue weighted by Gasteiger charge is 1.91. The van der Waals surface area contributed by atoms with E-state index in [0.717, 1.165) is 39.3 Å². The van der Waals surface area contributed by atoms with E-state index in [4.69, 9.17) is 0 Å². The van der Waals surface area contributed by atoms with Crippen LogP contribution in [0.5, 0.6) is 0 Å². The van der Waals surface area contributed by atoms with Gasteiger partial charge in [-0.25, -0.2) is 0 Å². The van der Waals surface area contributed by atoms with Gasteiger partial charge in [-0.15, -0.1) is 71.9 Å². The summed E-state index contributed by atoms with van der Waals surface area (Å²) < 4.78 is 0. The largest absolute Gasteiger partial charge is 0.314 e. The maximum Gasteiger partial charge on any atom is 0.00772 e. The zero-order valence-electron chi connectivity index (χ0n) is 6.97. The molecular weight excluding hydrogens is 495 g/mol. The molecular formula is C6H18I3N3. The first kappa shape index (κ1) is 19.6. The minimum atomic E-state index is 0. The van der Waals surface area contributed by atoms with Crippen LogP contribution in [0.3, 0.4) is 0 Å². The number of hydrogen-bond acceptors (Lipinski definition) is 3. The molecule has 0 aromatic rings. The van der Waals surface area contributed by atoms with Crippen molar-refractivity contribution in [3.05, 3.63) is 0 Å². The molecule has 0 radical (unpaired) electrons. The van der Waals surface area contributed by atoms with Crippen LogP contribution >= 0.6 is 71.9 Å². The number of nitrogens with one attached hydrogen (secondary N) is 3. The molecule has 0 bridgehead atoms. The lowest BCUT2D eigenvalue weighted by Gasteiger charge is -1.99. The van der Waals surface area contributed by atoms with Crippen molar-refractivity contribution in [2.45, 2.75) is 0 Å². The standard InChI is InChI=1S/C6H15N3.3HI/c1-2-8-5-6-9-4-3-7-1;;;/h7-9H,1-6H2;3*1H. The van der Waals surface area contributed by atoms with Crippen molar-refractivity contribution >= 4 is 71.9 Å². The molecule has 1 fully saturated rings. The van der Waals surface area contributed by atoms with Crippen molar-refractivity contribution in [2.24, 2.45) is 0 Å². The van der Waals surface area contributed by atoms with E-state index in [2.05, 4.69) is 16.0 Å². The molecule has 3 nitrogen and oxygen atoms in total. The minimum Gasteiger partial charge on any atom is -0.314 e. The Morgan fingerprint density at radius 3 is 0.750 bits per heavy atom. The zero-order chi connectivity index (χ0) is 6.36. The monoisotopic (exact) mass is 513 g/mol. The molecule has 0 aromatic heterocycles. The first-order valence-corrected chi connectivity index (χ1v) is 3.62. The molecule has 0 saturated carbocycles. The third-order valence-corrected chi connectivity index (χ3v) is 1.44. The van der Waals surface area contributed by atoms with Crippen LogP contribution < -0.4 is 16.0 Å². The molecule has 1 heterocycles. The van der Waals surface area contributed by atoms with Crippen molar-refractivity contribution in [1.82, 2.24) is 16.0 Å². The van der Waals surface area contributed by atoms with Crippen LogP contribution in [0.2, 0.25) is 0 Å². The Balaban J connectivity index is -0.000000270. The van der Waals surface area contributed by atoms with Crippen LogP contribution in [0.25, 0.3) is 0 Å². The molecule has 3 N–H and O–H groups in total. The molecule has 1 aliphatic heterocycles. The summed E-state index contributed by atoms with van der Waals surface area (Å²) in [5.74, 6) is 0. The summed E-state index contributed by atoms with van der Waals surface area (Å²) in [6.07, 6.45) is 0. The topological polar surface area (TPSA) is 36.1 Å². The maximum atomic E-state index is 3.30. The van der Waals surface area contributed by atoms with Gasteiger partial charge in [-0.3, -0.25) is 0 Å². The van der Waals surface area contributed by atoms with Gasteiger partial charge < -0.3 is 16.0 Å². The van der Waals surface area contributed by atoms with Gasteiger partial charge in [0.15, 0.2) is 0 Å². The quantitative estimate of drug-likeness (QED) is 0.417. The Morgan fingerprint density at radius 1 is 0.417 bits per heavy atom. The van der Waals surface area contributed by atoms with Gasteiger partial charge in [0, 0.05) is 39.3 Å². The van der Waals surface area contributed by atoms with E-state index in [1.54, 1.807) is 0 Å². The number of hydrogen-bond donors (Lipinski definition) is 3. The average Bonchev–Trinajstić information content (AvgIpc) is 2.00. The Bertz CT molecular complexity index is 46.5. The normalized spacial score (nSPS) is 18.0. The second kappa shape index (κ2) is 15.5. The second-order valence-electron chi connectivity index (χ2n) is 2.25. The summed E-state index contributed by atoms with van der Waals surface area (Å²) in [6.45, 7) is 6.59. The van der Waals surface area contributed by atoms with E-state index >= 15 is 0 Å². The molecule has 0 aromatic carbocycles. The number of rotatable bonds is 0. The van der Waals surface area contributed by atoms with Gasteiger partial charge in [0.25, 0.3) is 0 Å². The molecule has 1 saturated heterocycles. The van der Waals surface area contributed by atoms with Crippen LogP contribution in [0.15, 0.2) is 0 Å². The number of halogens is 3. The van der Waals surface area contributed by atoms with Crippen molar-refractivity contribution in [2.75, 3.05) is 39.3 Å². The summed E-state index contributed by atoms with van der Waals surface area (Å²) in [4.78, 5) is 0. The van der Waals surface area contributed by atoms with Crippen molar-refractivity contribution < 1.29 is 0 Å². The lowest BCUT2D eigenvalue weighted by Crippen LogP contribution is -2.27. The Morgan fingerprint density at radius 2 is 0.583 bits per heavy atom. The van der Waals surface area contributed by atoms with E-state index in [-0.39, 0.29) is 71.9 Å². The Hall–Kier alpha value is 2.07. The van der Waals surface area contributed by atoms with Crippen LogP contribution in [-0.2, 0) is 0 Å². The van der Waals surface area contributed by atoms with Crippen LogP contribution in [0.4, 0.5) is 0 Å². The zero-order valence-corrected chi connectivity index (χ0v) is 14.0. The fraction of sp³-hybridized carbons (Fsp3) is 1.00. The summed E-state index contributed by atoms with van der Waals surface area (Å²) >= 11 is 0. The van der Waals surface area contributed by atoms with E-state index < -0.39 is 0 Å². The predicted molar refractivity (Wildman–Crippen MR) is 84.9 cm³/mol. The third-order valence-electron chi connectivity index (χ3n) is 1.44. The van der Waals surface area contributed by atoms with Crippen LogP contribution in [0.1, 0.15) is 0 Å². The second-order valence-corrected chi connectivity index (χ2v) is 2.25. The van der Waals surface area contributed by atoms with E-state index in [1.807, 2.05) is 0 Å². The van der Waals surface area contributed by atoms with E-state index in [9.17, 15) is 0 Å². The molecule has 12 heavy (non-hydrogen) atoms. The van der Waals surface area contributed by atoms with Gasteiger partial charge in [0.2, 0.25) is 0 Å². The van der Waals surface area contributed by atoms with Crippen LogP contribution in [0, 0.1) is 0 Å². The van der Waals surface area contributed by atoms with Crippen molar-refractivity contribution in [3.63, 3.8) is 0 Å². The highest BCUT2D eigenvalue weighted by Crippen LogP contribution is 1.65. The smallest absolute Gasteiger partial charge is 0.00772 e. The van der Waals surface area contributed by atoms with E-state index in [0.29, 0.717) is 0 Å². The summed E-state index contributed by atoms with van der Waals surface area (Å²) in [6, 6.07) is 0. The summed E-state index contributed by atoms with van der Waals surface area (Å²) in [7, 11) is 0. The van der Waals surface area contributed by atoms with Gasteiger partial charge in [0.05, 0.1) is 0 Å². The molecule has 1 rings (SSSR count). The predicted octanol–water partition coefficient (Wildman–Crippen LogP) is 0.623. The molecule has 78 valence electrons. The van der Waals surface area contributed by atoms with Gasteiger partial charge in [-0.05, 0) is 0 Å². The Labute approximate surface area is 126 Å². The molecule has 1 aliphatic rings. The van der Waals surface area contributed by atoms with Gasteiger partial charge in [-0.1, -0.05) is 0 Å². The molecule has 0 amide bonds. The summed E-state index contributed by atoms with van der Waals surface area (Å²) in [5, 5.41) is 9.91. The molecule has 0 unspecified atom stereocenters. The van der Waals surface area contributed by atoms with Crippen molar-refractivity contribution in [3.8, 4) is 0 Å². The van der Waals surface area contributed by atoms with Gasteiger partial charge in [-0.2, -0.15) is 0 Å². The SMILES string of the molecule is C1CNCCNCCN1.I.I.I. The van der Waals surface area contributed by atoms with E-state index in [1.165, 1.54) is 0 Å². The highest BCUT2D eigenvalue weighted by atomic mass is 127. The maximum absolute atomic E-state index is 3.30. The lowest BCUT2D eigenvalue weighted by atomic mass is 10.6. The first-order valence-electron chi connectivity index (χ1n) is 3.62.